The van der Waals surface area contributed by atoms with Gasteiger partial charge in [-0.3, -0.25) is 4.79 Å². The number of aromatic nitrogens is 2. The number of anilines is 1. The highest BCUT2D eigenvalue weighted by Gasteiger charge is 2.63. The Kier molecular flexibility index (Phi) is 6.18. The molecule has 0 aliphatic rings. The lowest BCUT2D eigenvalue weighted by atomic mass is 10.0. The van der Waals surface area contributed by atoms with Crippen molar-refractivity contribution in [2.45, 2.75) is 25.2 Å². The Morgan fingerprint density at radius 3 is 2.10 bits per heavy atom. The number of carbonyl (C=O) groups excluding carboxylic acids is 1. The highest BCUT2D eigenvalue weighted by molar-refractivity contribution is 6.33. The Morgan fingerprint density at radius 2 is 1.61 bits per heavy atom. The first-order valence-electron chi connectivity index (χ1n) is 7.72. The predicted octanol–water partition coefficient (Wildman–Crippen LogP) is 5.06. The smallest absolute Gasteiger partial charge is 0.459 e. The molecule has 0 saturated carbocycles. The molecular formula is C16H8ClF8N3O3. The van der Waals surface area contributed by atoms with E-state index >= 15 is 0 Å². The van der Waals surface area contributed by atoms with Gasteiger partial charge in [-0.15, -0.1) is 0 Å². The van der Waals surface area contributed by atoms with E-state index in [4.69, 9.17) is 16.7 Å². The van der Waals surface area contributed by atoms with Gasteiger partial charge < -0.3 is 10.4 Å². The normalized spacial score (nSPS) is 12.6. The summed E-state index contributed by atoms with van der Waals surface area (Å²) >= 11 is 5.61. The number of hydrogen-bond donors (Lipinski definition) is 2. The third-order valence-electron chi connectivity index (χ3n) is 3.63. The number of halogens is 9. The zero-order valence-corrected chi connectivity index (χ0v) is 15.5. The number of aryl methyl sites for hydroxylation is 1. The number of carboxylic acid groups (broad SMARTS) is 1. The lowest BCUT2D eigenvalue weighted by Gasteiger charge is -2.24. The van der Waals surface area contributed by atoms with Gasteiger partial charge in [-0.05, 0) is 25.1 Å². The summed E-state index contributed by atoms with van der Waals surface area (Å²) < 4.78 is 106. The molecule has 0 fully saturated rings. The Bertz CT molecular complexity index is 1050. The number of benzene rings is 1. The molecule has 168 valence electrons. The van der Waals surface area contributed by atoms with E-state index in [1.807, 2.05) is 0 Å². The third kappa shape index (κ3) is 4.84. The average molecular weight is 478 g/mol. The highest BCUT2D eigenvalue weighted by atomic mass is 35.5. The number of carbonyl (C=O) groups is 2. The molecule has 1 aromatic carbocycles. The molecule has 2 aromatic rings. The van der Waals surface area contributed by atoms with Crippen molar-refractivity contribution in [1.29, 1.82) is 0 Å². The van der Waals surface area contributed by atoms with Gasteiger partial charge >= 0.3 is 24.2 Å². The molecule has 0 radical (unpaired) electrons. The molecule has 0 saturated heterocycles. The van der Waals surface area contributed by atoms with Crippen LogP contribution in [0.5, 0.6) is 0 Å². The number of carboxylic acids is 1. The van der Waals surface area contributed by atoms with Crippen molar-refractivity contribution in [2.75, 3.05) is 5.32 Å². The van der Waals surface area contributed by atoms with Crippen LogP contribution < -0.4 is 5.32 Å². The van der Waals surface area contributed by atoms with Gasteiger partial charge in [0, 0.05) is 5.69 Å². The molecule has 1 amide bonds. The van der Waals surface area contributed by atoms with E-state index in [1.165, 1.54) is 0 Å². The number of nitrogens with one attached hydrogen (secondary N) is 1. The minimum Gasteiger partial charge on any atom is -0.478 e. The summed E-state index contributed by atoms with van der Waals surface area (Å²) in [5, 5.41) is 10.4. The van der Waals surface area contributed by atoms with Gasteiger partial charge in [-0.25, -0.2) is 14.8 Å². The van der Waals surface area contributed by atoms with Crippen LogP contribution in [0.1, 0.15) is 37.9 Å². The van der Waals surface area contributed by atoms with Crippen LogP contribution in [0.4, 0.5) is 40.8 Å². The number of alkyl halides is 8. The van der Waals surface area contributed by atoms with E-state index in [9.17, 15) is 44.7 Å². The summed E-state index contributed by atoms with van der Waals surface area (Å²) in [6, 6.07) is 2.65. The van der Waals surface area contributed by atoms with Crippen LogP contribution in [0.2, 0.25) is 5.02 Å². The lowest BCUT2D eigenvalue weighted by molar-refractivity contribution is -0.292. The molecule has 15 heteroatoms. The molecule has 0 aliphatic heterocycles. The monoisotopic (exact) mass is 477 g/mol. The van der Waals surface area contributed by atoms with Crippen molar-refractivity contribution in [1.82, 2.24) is 9.97 Å². The van der Waals surface area contributed by atoms with E-state index in [2.05, 4.69) is 9.97 Å². The molecule has 0 spiro atoms. The van der Waals surface area contributed by atoms with E-state index in [-0.39, 0.29) is 5.02 Å². The van der Waals surface area contributed by atoms with Crippen LogP contribution in [0, 0.1) is 6.92 Å². The highest BCUT2D eigenvalue weighted by Crippen LogP contribution is 2.48. The van der Waals surface area contributed by atoms with Crippen LogP contribution in [0.15, 0.2) is 18.2 Å². The Balaban J connectivity index is 2.68. The molecule has 0 atom stereocenters. The van der Waals surface area contributed by atoms with E-state index in [1.54, 1.807) is 5.32 Å². The van der Waals surface area contributed by atoms with Crippen molar-refractivity contribution < 1.29 is 49.8 Å². The van der Waals surface area contributed by atoms with Crippen LogP contribution >= 0.6 is 11.6 Å². The zero-order chi connectivity index (χ0) is 23.9. The summed E-state index contributed by atoms with van der Waals surface area (Å²) in [7, 11) is 0. The maximum Gasteiger partial charge on any atom is 0.459 e. The molecular weight excluding hydrogens is 470 g/mol. The van der Waals surface area contributed by atoms with Gasteiger partial charge in [0.15, 0.2) is 0 Å². The summed E-state index contributed by atoms with van der Waals surface area (Å²) in [5.41, 5.74) is -8.26. The number of nitrogens with zero attached hydrogens (tertiary/aromatic N) is 2. The number of amides is 1. The van der Waals surface area contributed by atoms with Crippen LogP contribution in [0.25, 0.3) is 0 Å². The fourth-order valence-corrected chi connectivity index (χ4v) is 2.52. The van der Waals surface area contributed by atoms with E-state index in [0.29, 0.717) is 6.92 Å². The van der Waals surface area contributed by atoms with Crippen molar-refractivity contribution in [3.8, 4) is 0 Å². The van der Waals surface area contributed by atoms with E-state index in [0.717, 1.165) is 18.2 Å². The largest absolute Gasteiger partial charge is 0.478 e. The molecule has 1 heterocycles. The SMILES string of the molecule is Cc1nc(C(=O)Nc2ccc(Cl)c(C(=O)O)c2)c(C(F)(F)F)c(C(F)(F)C(F)(F)F)n1. The first-order valence-corrected chi connectivity index (χ1v) is 8.09. The predicted molar refractivity (Wildman–Crippen MR) is 88.1 cm³/mol. The van der Waals surface area contributed by atoms with Gasteiger partial charge in [0.2, 0.25) is 0 Å². The Hall–Kier alpha value is -3.03. The maximum absolute atomic E-state index is 13.8. The molecule has 31 heavy (non-hydrogen) atoms. The van der Waals surface area contributed by atoms with Crippen molar-refractivity contribution in [2.24, 2.45) is 0 Å². The number of rotatable bonds is 4. The third-order valence-corrected chi connectivity index (χ3v) is 3.96. The molecule has 0 bridgehead atoms. The van der Waals surface area contributed by atoms with Gasteiger partial charge in [-0.2, -0.15) is 35.1 Å². The van der Waals surface area contributed by atoms with E-state index < -0.39 is 64.2 Å². The van der Waals surface area contributed by atoms with Crippen molar-refractivity contribution in [3.05, 3.63) is 51.6 Å². The Labute approximate surface area is 171 Å². The van der Waals surface area contributed by atoms with Crippen LogP contribution in [-0.2, 0) is 12.1 Å². The minimum atomic E-state index is -6.45. The Morgan fingerprint density at radius 1 is 1.03 bits per heavy atom. The fourth-order valence-electron chi connectivity index (χ4n) is 2.32. The van der Waals surface area contributed by atoms with Gasteiger partial charge in [0.25, 0.3) is 5.91 Å². The second-order valence-electron chi connectivity index (χ2n) is 5.87. The van der Waals surface area contributed by atoms with Crippen LogP contribution in [0.3, 0.4) is 0 Å². The molecule has 0 aliphatic carbocycles. The molecule has 2 rings (SSSR count). The molecule has 6 nitrogen and oxygen atoms in total. The summed E-state index contributed by atoms with van der Waals surface area (Å²) in [6.45, 7) is 0.706. The second kappa shape index (κ2) is 7.90. The number of hydrogen-bond acceptors (Lipinski definition) is 4. The summed E-state index contributed by atoms with van der Waals surface area (Å²) in [4.78, 5) is 29.1. The van der Waals surface area contributed by atoms with Crippen molar-refractivity contribution >= 4 is 29.2 Å². The lowest BCUT2D eigenvalue weighted by Crippen LogP contribution is -2.38. The second-order valence-corrected chi connectivity index (χ2v) is 6.27. The van der Waals surface area contributed by atoms with Crippen LogP contribution in [-0.4, -0.2) is 33.1 Å². The van der Waals surface area contributed by atoms with Gasteiger partial charge in [0.05, 0.1) is 10.6 Å². The summed E-state index contributed by atoms with van der Waals surface area (Å²) in [5.74, 6) is -10.4. The fraction of sp³-hybridized carbons (Fsp3) is 0.250. The first kappa shape index (κ1) is 24.2. The molecule has 1 aromatic heterocycles. The molecule has 2 N–H and O–H groups in total. The number of aromatic carboxylic acids is 1. The quantitative estimate of drug-likeness (QED) is 0.601. The zero-order valence-electron chi connectivity index (χ0n) is 14.8. The van der Waals surface area contributed by atoms with Gasteiger partial charge in [0.1, 0.15) is 22.8 Å². The standard InChI is InChI=1S/C16H8ClF8N3O3/c1-5-26-10(12(29)28-6-2-3-8(17)7(4-6)13(30)31)9(15(20,21)22)11(27-5)14(18,19)16(23,24)25/h2-4H,1H3,(H,28,29)(H,30,31). The van der Waals surface area contributed by atoms with Crippen molar-refractivity contribution in [3.63, 3.8) is 0 Å². The average Bonchev–Trinajstić information content (AvgIpc) is 2.60. The maximum atomic E-state index is 13.8. The van der Waals surface area contributed by atoms with Gasteiger partial charge in [-0.1, -0.05) is 11.6 Å². The molecule has 0 unspecified atom stereocenters. The summed E-state index contributed by atoms with van der Waals surface area (Å²) in [6.07, 6.45) is -12.3. The first-order chi connectivity index (χ1) is 14.0. The minimum absolute atomic E-state index is 0.300. The topological polar surface area (TPSA) is 92.2 Å².